The average molecular weight is 454 g/mol. The molecule has 1 aliphatic carbocycles. The van der Waals surface area contributed by atoms with Crippen molar-refractivity contribution in [3.8, 4) is 5.75 Å². The highest BCUT2D eigenvalue weighted by atomic mass is 127. The third-order valence-corrected chi connectivity index (χ3v) is 4.31. The van der Waals surface area contributed by atoms with Crippen molar-refractivity contribution >= 4 is 40.0 Å². The van der Waals surface area contributed by atoms with E-state index in [2.05, 4.69) is 15.6 Å². The van der Waals surface area contributed by atoms with Crippen LogP contribution >= 0.6 is 24.0 Å². The lowest BCUT2D eigenvalue weighted by Crippen LogP contribution is -2.39. The average Bonchev–Trinajstić information content (AvgIpc) is 3.29. The second kappa shape index (κ2) is 8.69. The van der Waals surface area contributed by atoms with E-state index in [1.54, 1.807) is 19.2 Å². The Morgan fingerprint density at radius 1 is 1.43 bits per heavy atom. The van der Waals surface area contributed by atoms with Gasteiger partial charge >= 0.3 is 0 Å². The van der Waals surface area contributed by atoms with E-state index >= 15 is 0 Å². The van der Waals surface area contributed by atoms with Gasteiger partial charge in [0.25, 0.3) is 0 Å². The van der Waals surface area contributed by atoms with Crippen molar-refractivity contribution in [3.63, 3.8) is 0 Å². The quantitative estimate of drug-likeness (QED) is 0.336. The zero-order valence-corrected chi connectivity index (χ0v) is 16.4. The molecular weight excluding hydrogens is 431 g/mol. The fraction of sp³-hybridized carbons (Fsp3) is 0.500. The second-order valence-electron chi connectivity index (χ2n) is 5.20. The first kappa shape index (κ1) is 20.0. The van der Waals surface area contributed by atoms with Crippen LogP contribution < -0.4 is 20.5 Å². The number of hydrogen-bond donors (Lipinski definition) is 3. The van der Waals surface area contributed by atoms with E-state index in [9.17, 15) is 8.42 Å². The summed E-state index contributed by atoms with van der Waals surface area (Å²) in [6.07, 6.45) is 3.01. The molecule has 7 nitrogen and oxygen atoms in total. The number of halogens is 1. The summed E-state index contributed by atoms with van der Waals surface area (Å²) < 4.78 is 28.2. The molecule has 1 aromatic carbocycles. The lowest BCUT2D eigenvalue weighted by atomic mass is 10.1. The maximum Gasteiger partial charge on any atom is 0.241 e. The largest absolute Gasteiger partial charge is 0.495 e. The van der Waals surface area contributed by atoms with Crippen molar-refractivity contribution in [1.29, 1.82) is 0 Å². The van der Waals surface area contributed by atoms with Crippen molar-refractivity contribution in [2.24, 2.45) is 10.1 Å². The molecule has 2 rings (SSSR count). The molecule has 0 aliphatic heterocycles. The molecule has 0 radical (unpaired) electrons. The van der Waals surface area contributed by atoms with E-state index in [1.165, 1.54) is 20.0 Å². The first-order valence-electron chi connectivity index (χ1n) is 7.11. The number of ether oxygens (including phenoxy) is 1. The zero-order chi connectivity index (χ0) is 16.2. The molecule has 0 aromatic heterocycles. The molecular formula is C14H23IN4O3S. The van der Waals surface area contributed by atoms with Crippen LogP contribution in [-0.2, 0) is 16.4 Å². The summed E-state index contributed by atoms with van der Waals surface area (Å²) in [5, 5.41) is 11.7. The Labute approximate surface area is 154 Å². The third-order valence-electron chi connectivity index (χ3n) is 3.38. The number of aliphatic imine (C=N–C) groups is 1. The number of guanidine groups is 1. The van der Waals surface area contributed by atoms with Gasteiger partial charge in [0.15, 0.2) is 5.96 Å². The maximum atomic E-state index is 11.6. The zero-order valence-electron chi connectivity index (χ0n) is 13.2. The fourth-order valence-corrected chi connectivity index (χ4v) is 2.79. The van der Waals surface area contributed by atoms with Gasteiger partial charge in [-0.15, -0.1) is 24.0 Å². The number of primary sulfonamides is 1. The van der Waals surface area contributed by atoms with Crippen molar-refractivity contribution in [2.75, 3.05) is 20.7 Å². The van der Waals surface area contributed by atoms with E-state index in [1.807, 2.05) is 6.07 Å². The van der Waals surface area contributed by atoms with Crippen LogP contribution in [-0.4, -0.2) is 41.1 Å². The molecule has 0 saturated heterocycles. The van der Waals surface area contributed by atoms with Gasteiger partial charge in [-0.25, -0.2) is 13.6 Å². The number of nitrogens with zero attached hydrogens (tertiary/aromatic N) is 1. The second-order valence-corrected chi connectivity index (χ2v) is 6.73. The van der Waals surface area contributed by atoms with Crippen LogP contribution in [0.5, 0.6) is 5.75 Å². The van der Waals surface area contributed by atoms with Gasteiger partial charge in [-0.1, -0.05) is 6.07 Å². The number of sulfonamides is 1. The molecule has 1 saturated carbocycles. The van der Waals surface area contributed by atoms with Crippen LogP contribution in [0.2, 0.25) is 0 Å². The molecule has 130 valence electrons. The van der Waals surface area contributed by atoms with Crippen molar-refractivity contribution in [2.45, 2.75) is 30.2 Å². The summed E-state index contributed by atoms with van der Waals surface area (Å²) in [6, 6.07) is 5.52. The minimum atomic E-state index is -3.80. The summed E-state index contributed by atoms with van der Waals surface area (Å²) in [6.45, 7) is 0.642. The molecule has 23 heavy (non-hydrogen) atoms. The number of nitrogens with one attached hydrogen (secondary N) is 2. The molecule has 0 amide bonds. The van der Waals surface area contributed by atoms with Crippen molar-refractivity contribution in [3.05, 3.63) is 23.8 Å². The Morgan fingerprint density at radius 3 is 2.65 bits per heavy atom. The van der Waals surface area contributed by atoms with E-state index in [-0.39, 0.29) is 34.6 Å². The van der Waals surface area contributed by atoms with E-state index < -0.39 is 10.0 Å². The summed E-state index contributed by atoms with van der Waals surface area (Å²) in [7, 11) is -0.661. The highest BCUT2D eigenvalue weighted by Gasteiger charge is 2.22. The topological polar surface area (TPSA) is 106 Å². The van der Waals surface area contributed by atoms with Gasteiger partial charge in [0.1, 0.15) is 10.6 Å². The van der Waals surface area contributed by atoms with Crippen LogP contribution in [0.3, 0.4) is 0 Å². The Kier molecular flexibility index (Phi) is 7.55. The molecule has 0 atom stereocenters. The van der Waals surface area contributed by atoms with Gasteiger partial charge in [0.2, 0.25) is 10.0 Å². The standard InChI is InChI=1S/C14H22N4O3S.HI/c1-16-14(18-11-4-5-11)17-8-7-10-3-6-12(21-2)13(9-10)22(15,19)20;/h3,6,9,11H,4-5,7-8H2,1-2H3,(H2,15,19,20)(H2,16,17,18);1H. The molecule has 0 heterocycles. The molecule has 1 aromatic rings. The minimum absolute atomic E-state index is 0. The predicted molar refractivity (Wildman–Crippen MR) is 101 cm³/mol. The molecule has 4 N–H and O–H groups in total. The Morgan fingerprint density at radius 2 is 2.13 bits per heavy atom. The maximum absolute atomic E-state index is 11.6. The summed E-state index contributed by atoms with van der Waals surface area (Å²) >= 11 is 0. The number of nitrogens with two attached hydrogens (primary N) is 1. The number of methoxy groups -OCH3 is 1. The smallest absolute Gasteiger partial charge is 0.241 e. The Hall–Kier alpha value is -1.07. The number of benzene rings is 1. The van der Waals surface area contributed by atoms with Gasteiger partial charge in [-0.2, -0.15) is 0 Å². The lowest BCUT2D eigenvalue weighted by Gasteiger charge is -2.12. The van der Waals surface area contributed by atoms with Gasteiger partial charge in [0, 0.05) is 19.6 Å². The summed E-state index contributed by atoms with van der Waals surface area (Å²) in [5.41, 5.74) is 0.860. The molecule has 1 aliphatic rings. The molecule has 0 bridgehead atoms. The molecule has 1 fully saturated rings. The molecule has 9 heteroatoms. The van der Waals surface area contributed by atoms with Gasteiger partial charge in [-0.05, 0) is 37.0 Å². The van der Waals surface area contributed by atoms with Crippen LogP contribution in [0.25, 0.3) is 0 Å². The van der Waals surface area contributed by atoms with Crippen LogP contribution in [0.4, 0.5) is 0 Å². The normalized spacial score (nSPS) is 14.8. The molecule has 0 unspecified atom stereocenters. The highest BCUT2D eigenvalue weighted by molar-refractivity contribution is 14.0. The van der Waals surface area contributed by atoms with Gasteiger partial charge in [0.05, 0.1) is 7.11 Å². The van der Waals surface area contributed by atoms with Gasteiger partial charge < -0.3 is 15.4 Å². The van der Waals surface area contributed by atoms with Crippen molar-refractivity contribution < 1.29 is 13.2 Å². The summed E-state index contributed by atoms with van der Waals surface area (Å²) in [4.78, 5) is 4.15. The lowest BCUT2D eigenvalue weighted by molar-refractivity contribution is 0.402. The first-order chi connectivity index (χ1) is 10.4. The monoisotopic (exact) mass is 454 g/mol. The SMILES string of the molecule is CN=C(NCCc1ccc(OC)c(S(N)(=O)=O)c1)NC1CC1.I. The minimum Gasteiger partial charge on any atom is -0.495 e. The summed E-state index contributed by atoms with van der Waals surface area (Å²) in [5.74, 6) is 1.02. The molecule has 0 spiro atoms. The highest BCUT2D eigenvalue weighted by Crippen LogP contribution is 2.23. The van der Waals surface area contributed by atoms with Crippen LogP contribution in [0.1, 0.15) is 18.4 Å². The van der Waals surface area contributed by atoms with Crippen molar-refractivity contribution in [1.82, 2.24) is 10.6 Å². The van der Waals surface area contributed by atoms with E-state index in [4.69, 9.17) is 9.88 Å². The van der Waals surface area contributed by atoms with E-state index in [0.717, 1.165) is 11.5 Å². The Bertz CT molecular complexity index is 660. The van der Waals surface area contributed by atoms with Gasteiger partial charge in [-0.3, -0.25) is 4.99 Å². The number of hydrogen-bond acceptors (Lipinski definition) is 4. The third kappa shape index (κ3) is 6.15. The first-order valence-corrected chi connectivity index (χ1v) is 8.65. The predicted octanol–water partition coefficient (Wildman–Crippen LogP) is 0.831. The Balaban J connectivity index is 0.00000264. The van der Waals surface area contributed by atoms with E-state index in [0.29, 0.717) is 19.0 Å². The van der Waals surface area contributed by atoms with Crippen LogP contribution in [0.15, 0.2) is 28.1 Å². The fourth-order valence-electron chi connectivity index (χ4n) is 2.04. The van der Waals surface area contributed by atoms with Crippen LogP contribution in [0, 0.1) is 0 Å². The number of rotatable bonds is 6.